The Morgan fingerprint density at radius 2 is 1.87 bits per heavy atom. The van der Waals surface area contributed by atoms with E-state index in [1.54, 1.807) is 13.8 Å². The molecule has 11 heteroatoms. The molecule has 3 fully saturated rings. The molecule has 0 saturated carbocycles. The van der Waals surface area contributed by atoms with Gasteiger partial charge in [-0.2, -0.15) is 9.97 Å². The maximum atomic E-state index is 17.6. The number of ether oxygens (including phenoxy) is 1. The minimum Gasteiger partial charge on any atom is -0.505 e. The average Bonchev–Trinajstić information content (AvgIpc) is 3.62. The first-order chi connectivity index (χ1) is 24.6. The molecule has 0 bridgehead atoms. The Hall–Kier alpha value is -3.96. The van der Waals surface area contributed by atoms with Crippen LogP contribution in [0, 0.1) is 34.8 Å². The Morgan fingerprint density at radius 3 is 2.58 bits per heavy atom. The van der Waals surface area contributed by atoms with Gasteiger partial charge in [0, 0.05) is 36.2 Å². The molecule has 278 valence electrons. The lowest BCUT2D eigenvalue weighted by molar-refractivity contribution is 0.0446. The molecule has 4 unspecified atom stereocenters. The summed E-state index contributed by atoms with van der Waals surface area (Å²) in [6.45, 7) is 15.0. The lowest BCUT2D eigenvalue weighted by Gasteiger charge is -2.39. The van der Waals surface area contributed by atoms with E-state index in [-0.39, 0.29) is 75.2 Å². The van der Waals surface area contributed by atoms with Crippen LogP contribution in [0.3, 0.4) is 0 Å². The highest BCUT2D eigenvalue weighted by Crippen LogP contribution is 2.49. The second-order valence-corrected chi connectivity index (χ2v) is 16.3. The number of hydrogen-bond acceptors (Lipinski definition) is 8. The van der Waals surface area contributed by atoms with Crippen molar-refractivity contribution >= 4 is 39.3 Å². The molecule has 3 saturated heterocycles. The van der Waals surface area contributed by atoms with E-state index in [1.165, 1.54) is 6.07 Å². The lowest BCUT2D eigenvalue weighted by Crippen LogP contribution is -2.47. The number of nitrogens with one attached hydrogen (secondary N) is 1. The topological polar surface area (TPSA) is 106 Å². The number of allylic oxidation sites excluding steroid dienone is 3. The van der Waals surface area contributed by atoms with Crippen LogP contribution in [0.4, 0.5) is 19.0 Å². The molecular weight excluding hydrogens is 667 g/mol. The number of piperidine rings is 1. The molecule has 0 radical (unpaired) electrons. The number of aromatic nitrogens is 2. The fourth-order valence-corrected chi connectivity index (χ4v) is 8.98. The molecule has 7 rings (SSSR count). The summed E-state index contributed by atoms with van der Waals surface area (Å²) in [5.41, 5.74) is -0.856. The summed E-state index contributed by atoms with van der Waals surface area (Å²) in [6, 6.07) is 3.46. The first-order valence-corrected chi connectivity index (χ1v) is 18.8. The standard InChI is InChI=1S/C41H50F3N5O3/c1-7-25-29(42)11-10-26-31(25)27(17-30(50)34(26)43)32-35(44)37-33(28(36(32)45)16-24(5)22(2)3)38(48-14-8-12-40(6,51)20-48)47-39(46-37)52-21-41-13-9-15-49(41)19-23(4)18-41/h10-11,16-17,22-24,45,50-51H,7-9,12-15,18-21H2,1-6H3/b28-16-,45-36?. The van der Waals surface area contributed by atoms with Crippen molar-refractivity contribution in [2.24, 2.45) is 17.8 Å². The maximum Gasteiger partial charge on any atom is 0.319 e. The molecule has 4 atom stereocenters. The van der Waals surface area contributed by atoms with Crippen LogP contribution in [0.15, 0.2) is 24.3 Å². The zero-order valence-electron chi connectivity index (χ0n) is 31.0. The van der Waals surface area contributed by atoms with E-state index in [2.05, 4.69) is 25.7 Å². The predicted molar refractivity (Wildman–Crippen MR) is 199 cm³/mol. The molecule has 3 aliphatic heterocycles. The van der Waals surface area contributed by atoms with E-state index in [1.807, 2.05) is 17.9 Å². The van der Waals surface area contributed by atoms with Gasteiger partial charge in [0.05, 0.1) is 22.4 Å². The number of benzene rings is 2. The summed E-state index contributed by atoms with van der Waals surface area (Å²) in [7, 11) is 0. The molecule has 2 aromatic carbocycles. The second kappa shape index (κ2) is 13.5. The Kier molecular flexibility index (Phi) is 9.43. The third-order valence-electron chi connectivity index (χ3n) is 11.9. The SMILES string of the molecule is CCc1c(F)ccc2c(F)c(O)cc(C3=C(F)c4nc(OCC56CCCN5CC(C)C6)nc(N5CCCC(C)(O)C5)c4/C(=C/C(C)C(C)C)C3=N)c12. The van der Waals surface area contributed by atoms with Crippen LogP contribution in [0.5, 0.6) is 11.8 Å². The van der Waals surface area contributed by atoms with E-state index in [9.17, 15) is 15.6 Å². The second-order valence-electron chi connectivity index (χ2n) is 16.3. The highest BCUT2D eigenvalue weighted by molar-refractivity contribution is 6.50. The minimum atomic E-state index is -1.03. The van der Waals surface area contributed by atoms with Crippen LogP contribution in [0.2, 0.25) is 0 Å². The van der Waals surface area contributed by atoms with Crippen molar-refractivity contribution in [2.45, 2.75) is 91.2 Å². The predicted octanol–water partition coefficient (Wildman–Crippen LogP) is 8.33. The summed E-state index contributed by atoms with van der Waals surface area (Å²) in [5, 5.41) is 31.7. The highest BCUT2D eigenvalue weighted by Gasteiger charge is 2.48. The molecule has 1 aromatic heterocycles. The number of fused-ring (bicyclic) bond motifs is 3. The Morgan fingerprint density at radius 1 is 1.12 bits per heavy atom. The van der Waals surface area contributed by atoms with Crippen molar-refractivity contribution in [3.8, 4) is 11.8 Å². The molecule has 4 heterocycles. The summed E-state index contributed by atoms with van der Waals surface area (Å²) in [5.74, 6) is -2.17. The van der Waals surface area contributed by atoms with E-state index >= 15 is 13.2 Å². The van der Waals surface area contributed by atoms with Crippen molar-refractivity contribution < 1.29 is 28.1 Å². The van der Waals surface area contributed by atoms with E-state index in [0.717, 1.165) is 44.5 Å². The van der Waals surface area contributed by atoms with Crippen molar-refractivity contribution in [1.82, 2.24) is 14.9 Å². The van der Waals surface area contributed by atoms with Gasteiger partial charge in [0.15, 0.2) is 17.4 Å². The number of aromatic hydroxyl groups is 1. The monoisotopic (exact) mass is 717 g/mol. The summed E-state index contributed by atoms with van der Waals surface area (Å²) in [4.78, 5) is 14.1. The maximum absolute atomic E-state index is 17.6. The van der Waals surface area contributed by atoms with Gasteiger partial charge in [-0.1, -0.05) is 40.7 Å². The quantitative estimate of drug-likeness (QED) is 0.215. The number of halogens is 3. The van der Waals surface area contributed by atoms with Crippen LogP contribution < -0.4 is 9.64 Å². The average molecular weight is 718 g/mol. The molecule has 1 aliphatic carbocycles. The number of nitrogens with zero attached hydrogens (tertiary/aromatic N) is 4. The number of hydrogen-bond donors (Lipinski definition) is 3. The van der Waals surface area contributed by atoms with Crippen LogP contribution >= 0.6 is 0 Å². The van der Waals surface area contributed by atoms with Gasteiger partial charge in [0.1, 0.15) is 23.9 Å². The smallest absolute Gasteiger partial charge is 0.319 e. The summed E-state index contributed by atoms with van der Waals surface area (Å²) < 4.78 is 54.9. The molecule has 8 nitrogen and oxygen atoms in total. The van der Waals surface area contributed by atoms with Gasteiger partial charge in [0.2, 0.25) is 0 Å². The molecular formula is C41H50F3N5O3. The third-order valence-corrected chi connectivity index (χ3v) is 11.9. The molecule has 0 amide bonds. The van der Waals surface area contributed by atoms with Crippen LogP contribution in [0.25, 0.3) is 27.7 Å². The van der Waals surface area contributed by atoms with Gasteiger partial charge >= 0.3 is 6.01 Å². The van der Waals surface area contributed by atoms with E-state index in [0.29, 0.717) is 48.9 Å². The van der Waals surface area contributed by atoms with Crippen molar-refractivity contribution in [3.63, 3.8) is 0 Å². The largest absolute Gasteiger partial charge is 0.505 e. The molecule has 3 N–H and O–H groups in total. The number of anilines is 1. The van der Waals surface area contributed by atoms with Crippen molar-refractivity contribution in [3.05, 3.63) is 58.3 Å². The van der Waals surface area contributed by atoms with Gasteiger partial charge in [-0.3, -0.25) is 10.3 Å². The van der Waals surface area contributed by atoms with Gasteiger partial charge in [-0.05, 0) is 104 Å². The first-order valence-electron chi connectivity index (χ1n) is 18.8. The van der Waals surface area contributed by atoms with Gasteiger partial charge < -0.3 is 19.8 Å². The summed E-state index contributed by atoms with van der Waals surface area (Å²) >= 11 is 0. The van der Waals surface area contributed by atoms with Crippen LogP contribution in [0.1, 0.15) is 96.0 Å². The van der Waals surface area contributed by atoms with Gasteiger partial charge in [-0.15, -0.1) is 0 Å². The Labute approximate surface area is 303 Å². The van der Waals surface area contributed by atoms with E-state index in [4.69, 9.17) is 14.7 Å². The lowest BCUT2D eigenvalue weighted by atomic mass is 9.80. The normalized spacial score (nSPS) is 26.5. The number of phenols is 1. The third kappa shape index (κ3) is 6.17. The Balaban J connectivity index is 1.49. The number of aryl methyl sites for hydroxylation is 1. The number of rotatable bonds is 8. The first kappa shape index (κ1) is 36.4. The summed E-state index contributed by atoms with van der Waals surface area (Å²) in [6.07, 6.45) is 6.38. The zero-order chi connectivity index (χ0) is 37.3. The number of aliphatic hydroxyl groups is 1. The zero-order valence-corrected chi connectivity index (χ0v) is 31.0. The van der Waals surface area contributed by atoms with Crippen LogP contribution in [-0.2, 0) is 6.42 Å². The fraction of sp³-hybridized carbons (Fsp3) is 0.537. The molecule has 0 spiro atoms. The van der Waals surface area contributed by atoms with E-state index < -0.39 is 28.8 Å². The van der Waals surface area contributed by atoms with Crippen LogP contribution in [-0.4, -0.2) is 74.7 Å². The number of phenolic OH excluding ortho intramolecular Hbond substituents is 1. The fourth-order valence-electron chi connectivity index (χ4n) is 8.98. The minimum absolute atomic E-state index is 0.00506. The Bertz CT molecular complexity index is 2010. The molecule has 3 aromatic rings. The van der Waals surface area contributed by atoms with Crippen molar-refractivity contribution in [1.29, 1.82) is 5.41 Å². The molecule has 4 aliphatic rings. The molecule has 52 heavy (non-hydrogen) atoms. The number of β-amino-alcohol motifs (C(OH)–C–C–N with tert-alkyl or cyclic N) is 1. The van der Waals surface area contributed by atoms with Gasteiger partial charge in [0.25, 0.3) is 0 Å². The van der Waals surface area contributed by atoms with Crippen molar-refractivity contribution in [2.75, 3.05) is 37.7 Å². The highest BCUT2D eigenvalue weighted by atomic mass is 19.1. The van der Waals surface area contributed by atoms with Gasteiger partial charge in [-0.25, -0.2) is 13.2 Å².